The van der Waals surface area contributed by atoms with Gasteiger partial charge >= 0.3 is 0 Å². The molecule has 0 aliphatic heterocycles. The first kappa shape index (κ1) is 21.2. The molecule has 8 heteroatoms. The van der Waals surface area contributed by atoms with E-state index in [0.717, 1.165) is 10.0 Å². The van der Waals surface area contributed by atoms with Crippen LogP contribution in [-0.4, -0.2) is 38.8 Å². The number of rotatable bonds is 8. The number of hydrogen-bond donors (Lipinski definition) is 2. The molecule has 0 saturated heterocycles. The fraction of sp³-hybridized carbons (Fsp3) is 0.150. The van der Waals surface area contributed by atoms with Gasteiger partial charge in [-0.05, 0) is 30.3 Å². The minimum atomic E-state index is -0.454. The van der Waals surface area contributed by atoms with Crippen molar-refractivity contribution in [2.24, 2.45) is 5.10 Å². The highest BCUT2D eigenvalue weighted by Crippen LogP contribution is 2.21. The summed E-state index contributed by atoms with van der Waals surface area (Å²) in [5.41, 5.74) is 3.81. The lowest BCUT2D eigenvalue weighted by molar-refractivity contribution is -0.123. The first-order valence-electron chi connectivity index (χ1n) is 8.28. The second-order valence-electron chi connectivity index (χ2n) is 5.47. The maximum Gasteiger partial charge on any atom is 0.259 e. The lowest BCUT2D eigenvalue weighted by atomic mass is 10.2. The van der Waals surface area contributed by atoms with Crippen molar-refractivity contribution in [3.8, 4) is 11.5 Å². The standard InChI is InChI=1S/C20H20BrN3O4/c1-27-17-6-4-3-5-14(17)7-10-19(25)22-13-20(26)24-23-12-15-11-16(21)8-9-18(15)28-2/h3-12H,13H2,1-2H3,(H,22,25)(H,24,26)/b10-7+,23-12?. The Hall–Kier alpha value is -3.13. The molecule has 0 heterocycles. The molecule has 0 aromatic heterocycles. The van der Waals surface area contributed by atoms with Crippen molar-refractivity contribution in [1.82, 2.24) is 10.7 Å². The number of para-hydroxylation sites is 1. The largest absolute Gasteiger partial charge is 0.496 e. The van der Waals surface area contributed by atoms with Crippen LogP contribution in [0.4, 0.5) is 0 Å². The molecule has 2 amide bonds. The molecule has 146 valence electrons. The highest BCUT2D eigenvalue weighted by Gasteiger charge is 2.04. The average Bonchev–Trinajstić information content (AvgIpc) is 2.71. The van der Waals surface area contributed by atoms with E-state index in [1.165, 1.54) is 12.3 Å². The van der Waals surface area contributed by atoms with Crippen molar-refractivity contribution in [2.75, 3.05) is 20.8 Å². The predicted molar refractivity (Wildman–Crippen MR) is 111 cm³/mol. The third-order valence-corrected chi connectivity index (χ3v) is 4.05. The van der Waals surface area contributed by atoms with Crippen molar-refractivity contribution < 1.29 is 19.1 Å². The number of halogens is 1. The lowest BCUT2D eigenvalue weighted by Crippen LogP contribution is -2.34. The molecule has 0 saturated carbocycles. The van der Waals surface area contributed by atoms with Gasteiger partial charge in [-0.15, -0.1) is 0 Å². The van der Waals surface area contributed by atoms with Gasteiger partial charge in [0.1, 0.15) is 11.5 Å². The number of benzene rings is 2. The maximum absolute atomic E-state index is 11.9. The van der Waals surface area contributed by atoms with Crippen molar-refractivity contribution in [3.05, 3.63) is 64.1 Å². The molecule has 0 fully saturated rings. The molecule has 0 spiro atoms. The Balaban J connectivity index is 1.83. The number of methoxy groups -OCH3 is 2. The van der Waals surface area contributed by atoms with E-state index in [1.807, 2.05) is 24.3 Å². The van der Waals surface area contributed by atoms with Crippen LogP contribution in [0.15, 0.2) is 58.1 Å². The molecule has 2 rings (SSSR count). The van der Waals surface area contributed by atoms with Crippen LogP contribution < -0.4 is 20.2 Å². The summed E-state index contributed by atoms with van der Waals surface area (Å²) >= 11 is 3.36. The van der Waals surface area contributed by atoms with Gasteiger partial charge in [0.2, 0.25) is 5.91 Å². The molecule has 0 aliphatic rings. The van der Waals surface area contributed by atoms with Gasteiger partial charge in [0.15, 0.2) is 0 Å². The van der Waals surface area contributed by atoms with E-state index in [4.69, 9.17) is 9.47 Å². The first-order valence-corrected chi connectivity index (χ1v) is 9.07. The van der Waals surface area contributed by atoms with Gasteiger partial charge in [0.05, 0.1) is 27.0 Å². The van der Waals surface area contributed by atoms with Gasteiger partial charge in [-0.25, -0.2) is 5.43 Å². The molecule has 0 atom stereocenters. The van der Waals surface area contributed by atoms with Crippen LogP contribution >= 0.6 is 15.9 Å². The lowest BCUT2D eigenvalue weighted by Gasteiger charge is -2.05. The number of nitrogens with one attached hydrogen (secondary N) is 2. The zero-order valence-corrected chi connectivity index (χ0v) is 17.0. The van der Waals surface area contributed by atoms with Crippen LogP contribution in [0.25, 0.3) is 6.08 Å². The van der Waals surface area contributed by atoms with Gasteiger partial charge in [-0.1, -0.05) is 34.1 Å². The number of amides is 2. The third kappa shape index (κ3) is 6.55. The fourth-order valence-corrected chi connectivity index (χ4v) is 2.59. The fourth-order valence-electron chi connectivity index (χ4n) is 2.22. The van der Waals surface area contributed by atoms with Gasteiger partial charge in [0.25, 0.3) is 5.91 Å². The van der Waals surface area contributed by atoms with Crippen molar-refractivity contribution >= 4 is 40.0 Å². The van der Waals surface area contributed by atoms with E-state index >= 15 is 0 Å². The summed E-state index contributed by atoms with van der Waals surface area (Å²) in [5.74, 6) is 0.417. The zero-order chi connectivity index (χ0) is 20.4. The molecule has 0 aliphatic carbocycles. The zero-order valence-electron chi connectivity index (χ0n) is 15.4. The van der Waals surface area contributed by atoms with Gasteiger partial charge in [-0.3, -0.25) is 9.59 Å². The summed E-state index contributed by atoms with van der Waals surface area (Å²) in [6.45, 7) is -0.206. The molecular formula is C20H20BrN3O4. The molecule has 0 unspecified atom stereocenters. The third-order valence-electron chi connectivity index (χ3n) is 3.56. The summed E-state index contributed by atoms with van der Waals surface area (Å²) in [7, 11) is 3.11. The Bertz CT molecular complexity index is 897. The Labute approximate surface area is 171 Å². The second kappa shape index (κ2) is 10.9. The Morgan fingerprint density at radius 2 is 1.79 bits per heavy atom. The number of hydrogen-bond acceptors (Lipinski definition) is 5. The van der Waals surface area contributed by atoms with E-state index in [9.17, 15) is 9.59 Å². The van der Waals surface area contributed by atoms with E-state index in [2.05, 4.69) is 31.8 Å². The molecule has 7 nitrogen and oxygen atoms in total. The van der Waals surface area contributed by atoms with Crippen LogP contribution in [0.2, 0.25) is 0 Å². The minimum absolute atomic E-state index is 0.206. The van der Waals surface area contributed by atoms with E-state index < -0.39 is 11.8 Å². The molecule has 2 aromatic rings. The number of ether oxygens (including phenoxy) is 2. The summed E-state index contributed by atoms with van der Waals surface area (Å²) in [5, 5.41) is 6.36. The topological polar surface area (TPSA) is 89.0 Å². The Morgan fingerprint density at radius 3 is 2.54 bits per heavy atom. The number of hydrazone groups is 1. The summed E-state index contributed by atoms with van der Waals surface area (Å²) in [4.78, 5) is 23.7. The monoisotopic (exact) mass is 445 g/mol. The highest BCUT2D eigenvalue weighted by molar-refractivity contribution is 9.10. The quantitative estimate of drug-likeness (QED) is 0.371. The number of carbonyl (C=O) groups is 2. The number of nitrogens with zero attached hydrogens (tertiary/aromatic N) is 1. The van der Waals surface area contributed by atoms with Crippen LogP contribution in [0.3, 0.4) is 0 Å². The molecule has 2 N–H and O–H groups in total. The van der Waals surface area contributed by atoms with Crippen molar-refractivity contribution in [2.45, 2.75) is 0 Å². The first-order chi connectivity index (χ1) is 13.5. The molecule has 28 heavy (non-hydrogen) atoms. The van der Waals surface area contributed by atoms with Crippen molar-refractivity contribution in [3.63, 3.8) is 0 Å². The Morgan fingerprint density at radius 1 is 1.07 bits per heavy atom. The summed E-state index contributed by atoms with van der Waals surface area (Å²) in [6.07, 6.45) is 4.41. The van der Waals surface area contributed by atoms with Gasteiger partial charge in [-0.2, -0.15) is 5.10 Å². The normalized spacial score (nSPS) is 10.8. The average molecular weight is 446 g/mol. The van der Waals surface area contributed by atoms with E-state index in [-0.39, 0.29) is 6.54 Å². The summed E-state index contributed by atoms with van der Waals surface area (Å²) in [6, 6.07) is 12.7. The molecule has 0 radical (unpaired) electrons. The van der Waals surface area contributed by atoms with Crippen LogP contribution in [0.5, 0.6) is 11.5 Å². The van der Waals surface area contributed by atoms with Gasteiger partial charge < -0.3 is 14.8 Å². The number of carbonyl (C=O) groups excluding carboxylic acids is 2. The van der Waals surface area contributed by atoms with Crippen molar-refractivity contribution in [1.29, 1.82) is 0 Å². The van der Waals surface area contributed by atoms with Crippen LogP contribution in [-0.2, 0) is 9.59 Å². The molecule has 2 aromatic carbocycles. The predicted octanol–water partition coefficient (Wildman–Crippen LogP) is 2.75. The van der Waals surface area contributed by atoms with Gasteiger partial charge in [0, 0.05) is 21.7 Å². The highest BCUT2D eigenvalue weighted by atomic mass is 79.9. The van der Waals surface area contributed by atoms with Crippen LogP contribution in [0.1, 0.15) is 11.1 Å². The van der Waals surface area contributed by atoms with E-state index in [1.54, 1.807) is 38.5 Å². The smallest absolute Gasteiger partial charge is 0.259 e. The Kier molecular flexibility index (Phi) is 8.23. The van der Waals surface area contributed by atoms with Crippen LogP contribution in [0, 0.1) is 0 Å². The summed E-state index contributed by atoms with van der Waals surface area (Å²) < 4.78 is 11.3. The molecular weight excluding hydrogens is 426 g/mol. The SMILES string of the molecule is COc1ccc(Br)cc1C=NNC(=O)CNC(=O)/C=C/c1ccccc1OC. The second-order valence-corrected chi connectivity index (χ2v) is 6.39. The maximum atomic E-state index is 11.9. The molecule has 0 bridgehead atoms. The van der Waals surface area contributed by atoms with E-state index in [0.29, 0.717) is 17.1 Å². The minimum Gasteiger partial charge on any atom is -0.496 e.